The van der Waals surface area contributed by atoms with Gasteiger partial charge in [-0.25, -0.2) is 18.5 Å². The molecule has 1 aromatic carbocycles. The third-order valence-corrected chi connectivity index (χ3v) is 5.82. The lowest BCUT2D eigenvalue weighted by atomic mass is 10.2. The molecule has 1 saturated heterocycles. The number of hydrogen-bond acceptors (Lipinski definition) is 5. The highest BCUT2D eigenvalue weighted by atomic mass is 127. The zero-order chi connectivity index (χ0) is 20.7. The first kappa shape index (κ1) is 24.6. The molecular formula is C20H30IN5O3S. The van der Waals surface area contributed by atoms with E-state index >= 15 is 0 Å². The minimum Gasteiger partial charge on any atom is -0.468 e. The van der Waals surface area contributed by atoms with Crippen molar-refractivity contribution in [3.63, 3.8) is 0 Å². The van der Waals surface area contributed by atoms with Crippen molar-refractivity contribution in [2.24, 2.45) is 10.1 Å². The molecule has 1 unspecified atom stereocenters. The second kappa shape index (κ2) is 11.7. The van der Waals surface area contributed by atoms with Crippen molar-refractivity contribution in [1.29, 1.82) is 0 Å². The molecule has 30 heavy (non-hydrogen) atoms. The van der Waals surface area contributed by atoms with E-state index in [1.54, 1.807) is 18.4 Å². The second-order valence-corrected chi connectivity index (χ2v) is 8.60. The summed E-state index contributed by atoms with van der Waals surface area (Å²) in [6, 6.07) is 10.6. The molecule has 8 nitrogen and oxygen atoms in total. The van der Waals surface area contributed by atoms with Gasteiger partial charge in [-0.1, -0.05) is 12.1 Å². The van der Waals surface area contributed by atoms with Gasteiger partial charge in [-0.2, -0.15) is 0 Å². The number of rotatable bonds is 8. The van der Waals surface area contributed by atoms with Gasteiger partial charge in [-0.05, 0) is 62.7 Å². The normalized spacial score (nSPS) is 16.1. The lowest BCUT2D eigenvalue weighted by Gasteiger charge is -2.26. The number of nitrogens with zero attached hydrogens (tertiary/aromatic N) is 2. The third-order valence-electron chi connectivity index (χ3n) is 4.91. The Kier molecular flexibility index (Phi) is 9.59. The van der Waals surface area contributed by atoms with Crippen molar-refractivity contribution in [3.8, 4) is 0 Å². The zero-order valence-electron chi connectivity index (χ0n) is 17.1. The van der Waals surface area contributed by atoms with Crippen molar-refractivity contribution in [2.45, 2.75) is 37.2 Å². The summed E-state index contributed by atoms with van der Waals surface area (Å²) in [5.41, 5.74) is 0.774. The minimum absolute atomic E-state index is 0. The van der Waals surface area contributed by atoms with E-state index in [1.807, 2.05) is 25.1 Å². The molecule has 2 heterocycles. The summed E-state index contributed by atoms with van der Waals surface area (Å²) in [7, 11) is -3.73. The van der Waals surface area contributed by atoms with Crippen molar-refractivity contribution in [1.82, 2.24) is 15.5 Å². The largest absolute Gasteiger partial charge is 0.468 e. The van der Waals surface area contributed by atoms with Crippen LogP contribution in [0.3, 0.4) is 0 Å². The monoisotopic (exact) mass is 547 g/mol. The molecular weight excluding hydrogens is 517 g/mol. The fourth-order valence-electron chi connectivity index (χ4n) is 3.47. The minimum atomic E-state index is -3.73. The third kappa shape index (κ3) is 6.96. The van der Waals surface area contributed by atoms with Crippen LogP contribution in [0.2, 0.25) is 0 Å². The molecule has 1 aromatic heterocycles. The highest BCUT2D eigenvalue weighted by Crippen LogP contribution is 2.24. The first-order valence-corrected chi connectivity index (χ1v) is 11.4. The first-order chi connectivity index (χ1) is 14.0. The zero-order valence-corrected chi connectivity index (χ0v) is 20.2. The standard InChI is InChI=1S/C20H29N5O3S.HI/c1-2-22-20(23-14-16-7-5-8-17(13-16)29(21,26)27)24-15-18(19-9-6-12-28-19)25-10-3-4-11-25;/h5-9,12-13,18H,2-4,10-11,14-15H2,1H3,(H2,21,26,27)(H2,22,23,24);1H. The predicted octanol–water partition coefficient (Wildman–Crippen LogP) is 2.44. The van der Waals surface area contributed by atoms with E-state index in [0.717, 1.165) is 31.0 Å². The summed E-state index contributed by atoms with van der Waals surface area (Å²) >= 11 is 0. The van der Waals surface area contributed by atoms with E-state index < -0.39 is 10.0 Å². The fourth-order valence-corrected chi connectivity index (χ4v) is 4.05. The molecule has 10 heteroatoms. The van der Waals surface area contributed by atoms with Crippen LogP contribution in [0, 0.1) is 0 Å². The van der Waals surface area contributed by atoms with E-state index in [-0.39, 0.29) is 34.9 Å². The molecule has 0 radical (unpaired) electrons. The maximum Gasteiger partial charge on any atom is 0.238 e. The fraction of sp³-hybridized carbons (Fsp3) is 0.450. The molecule has 0 spiro atoms. The van der Waals surface area contributed by atoms with Gasteiger partial charge in [0.2, 0.25) is 10.0 Å². The Morgan fingerprint density at radius 2 is 2.00 bits per heavy atom. The number of aliphatic imine (C=N–C) groups is 1. The van der Waals surface area contributed by atoms with Gasteiger partial charge in [-0.15, -0.1) is 24.0 Å². The number of furan rings is 1. The molecule has 1 aliphatic rings. The van der Waals surface area contributed by atoms with E-state index in [2.05, 4.69) is 20.5 Å². The Morgan fingerprint density at radius 1 is 1.23 bits per heavy atom. The van der Waals surface area contributed by atoms with Gasteiger partial charge in [0, 0.05) is 13.1 Å². The molecule has 3 rings (SSSR count). The molecule has 4 N–H and O–H groups in total. The number of sulfonamides is 1. The van der Waals surface area contributed by atoms with Crippen LogP contribution in [0.4, 0.5) is 0 Å². The SMILES string of the molecule is CCNC(=NCc1cccc(S(N)(=O)=O)c1)NCC(c1ccco1)N1CCCC1.I. The lowest BCUT2D eigenvalue weighted by molar-refractivity contribution is 0.215. The van der Waals surface area contributed by atoms with E-state index in [0.29, 0.717) is 19.0 Å². The number of guanidine groups is 1. The number of benzene rings is 1. The molecule has 166 valence electrons. The number of nitrogens with two attached hydrogens (primary N) is 1. The Bertz CT molecular complexity index is 912. The molecule has 1 fully saturated rings. The lowest BCUT2D eigenvalue weighted by Crippen LogP contribution is -2.42. The van der Waals surface area contributed by atoms with Gasteiger partial charge in [0.25, 0.3) is 0 Å². The highest BCUT2D eigenvalue weighted by molar-refractivity contribution is 14.0. The summed E-state index contributed by atoms with van der Waals surface area (Å²) < 4.78 is 28.8. The van der Waals surface area contributed by atoms with Crippen LogP contribution in [0.25, 0.3) is 0 Å². The molecule has 1 aliphatic heterocycles. The number of hydrogen-bond donors (Lipinski definition) is 3. The Balaban J connectivity index is 0.00000320. The Labute approximate surface area is 195 Å². The smallest absolute Gasteiger partial charge is 0.238 e. The molecule has 0 saturated carbocycles. The molecule has 0 aliphatic carbocycles. The van der Waals surface area contributed by atoms with Gasteiger partial charge in [0.1, 0.15) is 5.76 Å². The summed E-state index contributed by atoms with van der Waals surface area (Å²) in [5.74, 6) is 1.61. The summed E-state index contributed by atoms with van der Waals surface area (Å²) in [5, 5.41) is 11.8. The summed E-state index contributed by atoms with van der Waals surface area (Å²) in [6.45, 7) is 5.84. The quantitative estimate of drug-likeness (QED) is 0.266. The second-order valence-electron chi connectivity index (χ2n) is 7.04. The molecule has 1 atom stereocenters. The summed E-state index contributed by atoms with van der Waals surface area (Å²) in [6.07, 6.45) is 4.10. The Morgan fingerprint density at radius 3 is 2.63 bits per heavy atom. The Hall–Kier alpha value is -1.63. The van der Waals surface area contributed by atoms with E-state index in [4.69, 9.17) is 9.56 Å². The first-order valence-electron chi connectivity index (χ1n) is 9.88. The highest BCUT2D eigenvalue weighted by Gasteiger charge is 2.25. The molecule has 0 bridgehead atoms. The van der Waals surface area contributed by atoms with Crippen LogP contribution in [0.5, 0.6) is 0 Å². The van der Waals surface area contributed by atoms with Crippen LogP contribution >= 0.6 is 24.0 Å². The average molecular weight is 547 g/mol. The van der Waals surface area contributed by atoms with Crippen molar-refractivity contribution >= 4 is 40.0 Å². The average Bonchev–Trinajstić information content (AvgIpc) is 3.40. The van der Waals surface area contributed by atoms with Gasteiger partial charge in [0.15, 0.2) is 5.96 Å². The van der Waals surface area contributed by atoms with Crippen LogP contribution in [0.1, 0.15) is 37.1 Å². The van der Waals surface area contributed by atoms with Gasteiger partial charge >= 0.3 is 0 Å². The van der Waals surface area contributed by atoms with Crippen LogP contribution in [0.15, 0.2) is 57.0 Å². The molecule has 2 aromatic rings. The van der Waals surface area contributed by atoms with Crippen LogP contribution in [-0.4, -0.2) is 45.5 Å². The maximum atomic E-state index is 11.5. The van der Waals surface area contributed by atoms with Crippen molar-refractivity contribution < 1.29 is 12.8 Å². The maximum absolute atomic E-state index is 11.5. The predicted molar refractivity (Wildman–Crippen MR) is 128 cm³/mol. The molecule has 0 amide bonds. The van der Waals surface area contributed by atoms with Gasteiger partial charge in [0.05, 0.1) is 23.7 Å². The number of nitrogens with one attached hydrogen (secondary N) is 2. The van der Waals surface area contributed by atoms with Crippen LogP contribution < -0.4 is 15.8 Å². The van der Waals surface area contributed by atoms with Crippen molar-refractivity contribution in [2.75, 3.05) is 26.2 Å². The number of halogens is 1. The number of likely N-dealkylation sites (tertiary alicyclic amines) is 1. The van der Waals surface area contributed by atoms with E-state index in [9.17, 15) is 8.42 Å². The van der Waals surface area contributed by atoms with Crippen molar-refractivity contribution in [3.05, 3.63) is 54.0 Å². The van der Waals surface area contributed by atoms with E-state index in [1.165, 1.54) is 18.9 Å². The number of primary sulfonamides is 1. The van der Waals surface area contributed by atoms with Crippen LogP contribution in [-0.2, 0) is 16.6 Å². The topological polar surface area (TPSA) is 113 Å². The summed E-state index contributed by atoms with van der Waals surface area (Å²) in [4.78, 5) is 7.11. The van der Waals surface area contributed by atoms with Gasteiger partial charge < -0.3 is 15.1 Å². The van der Waals surface area contributed by atoms with Gasteiger partial charge in [-0.3, -0.25) is 4.90 Å².